The molecule has 0 radical (unpaired) electrons. The second-order valence-electron chi connectivity index (χ2n) is 4.53. The highest BCUT2D eigenvalue weighted by molar-refractivity contribution is 9.12. The molecule has 0 bridgehead atoms. The first kappa shape index (κ1) is 17.4. The Labute approximate surface area is 153 Å². The van der Waals surface area contributed by atoms with Gasteiger partial charge in [0.25, 0.3) is 5.69 Å². The fraction of sp³-hybridized carbons (Fsp3) is 0.200. The van der Waals surface area contributed by atoms with Gasteiger partial charge in [0.15, 0.2) is 0 Å². The number of hydrogen-bond acceptors (Lipinski definition) is 3. The number of nitro groups is 1. The van der Waals surface area contributed by atoms with Crippen LogP contribution in [-0.2, 0) is 0 Å². The predicted octanol–water partition coefficient (Wildman–Crippen LogP) is 5.64. The van der Waals surface area contributed by atoms with Crippen molar-refractivity contribution in [2.75, 3.05) is 6.61 Å². The van der Waals surface area contributed by atoms with Crippen LogP contribution in [0.1, 0.15) is 10.4 Å². The molecule has 0 fully saturated rings. The number of non-ortho nitro benzene ring substituents is 1. The van der Waals surface area contributed by atoms with E-state index >= 15 is 0 Å². The zero-order chi connectivity index (χ0) is 16.1. The number of benzene rings is 2. The topological polar surface area (TPSA) is 52.4 Å². The lowest BCUT2D eigenvalue weighted by atomic mass is 10.1. The Bertz CT molecular complexity index is 631. The Kier molecular flexibility index (Phi) is 6.40. The highest BCUT2D eigenvalue weighted by Gasteiger charge is 2.18. The minimum Gasteiger partial charge on any atom is -0.492 e. The summed E-state index contributed by atoms with van der Waals surface area (Å²) in [5, 5.41) is 10.6. The van der Waals surface area contributed by atoms with Gasteiger partial charge in [0.1, 0.15) is 12.4 Å². The summed E-state index contributed by atoms with van der Waals surface area (Å²) in [7, 11) is 0. The number of rotatable bonds is 6. The van der Waals surface area contributed by atoms with Crippen molar-refractivity contribution in [2.45, 2.75) is 9.65 Å². The van der Waals surface area contributed by atoms with Crippen LogP contribution in [0.4, 0.5) is 5.69 Å². The first-order valence-electron chi connectivity index (χ1n) is 6.38. The molecule has 0 saturated carbocycles. The molecular formula is C15H12Br3NO3. The van der Waals surface area contributed by atoms with E-state index in [9.17, 15) is 10.1 Å². The van der Waals surface area contributed by atoms with Crippen LogP contribution in [0.5, 0.6) is 5.75 Å². The molecule has 0 aliphatic heterocycles. The first-order chi connectivity index (χ1) is 10.5. The van der Waals surface area contributed by atoms with Gasteiger partial charge >= 0.3 is 0 Å². The van der Waals surface area contributed by atoms with E-state index in [4.69, 9.17) is 4.74 Å². The number of alkyl halides is 2. The van der Waals surface area contributed by atoms with Crippen molar-refractivity contribution in [3.8, 4) is 5.75 Å². The van der Waals surface area contributed by atoms with Crippen LogP contribution in [0, 0.1) is 10.1 Å². The third-order valence-electron chi connectivity index (χ3n) is 2.96. The van der Waals surface area contributed by atoms with E-state index in [0.29, 0.717) is 12.4 Å². The fourth-order valence-electron chi connectivity index (χ4n) is 1.78. The number of halogens is 3. The van der Waals surface area contributed by atoms with E-state index in [1.165, 1.54) is 12.1 Å². The summed E-state index contributed by atoms with van der Waals surface area (Å²) in [5.74, 6) is 0.602. The van der Waals surface area contributed by atoms with Crippen molar-refractivity contribution in [3.63, 3.8) is 0 Å². The molecule has 0 aliphatic rings. The maximum atomic E-state index is 10.6. The lowest BCUT2D eigenvalue weighted by Gasteiger charge is -2.18. The second-order valence-corrected chi connectivity index (χ2v) is 7.61. The van der Waals surface area contributed by atoms with Crippen molar-refractivity contribution < 1.29 is 9.66 Å². The molecule has 0 saturated heterocycles. The first-order valence-corrected chi connectivity index (χ1v) is 9.00. The van der Waals surface area contributed by atoms with Gasteiger partial charge in [0.2, 0.25) is 0 Å². The quantitative estimate of drug-likeness (QED) is 0.297. The van der Waals surface area contributed by atoms with Gasteiger partial charge in [-0.25, -0.2) is 0 Å². The number of nitro benzene ring substituents is 1. The summed E-state index contributed by atoms with van der Waals surface area (Å²) in [5.41, 5.74) is 1.19. The van der Waals surface area contributed by atoms with Gasteiger partial charge < -0.3 is 4.74 Å². The van der Waals surface area contributed by atoms with Crippen molar-refractivity contribution in [1.82, 2.24) is 0 Å². The van der Waals surface area contributed by atoms with Crippen LogP contribution in [0.15, 0.2) is 53.0 Å². The summed E-state index contributed by atoms with van der Waals surface area (Å²) in [6.45, 7) is 0.434. The fourth-order valence-corrected chi connectivity index (χ4v) is 2.94. The van der Waals surface area contributed by atoms with E-state index in [1.54, 1.807) is 12.1 Å². The van der Waals surface area contributed by atoms with Crippen LogP contribution in [0.3, 0.4) is 0 Å². The van der Waals surface area contributed by atoms with E-state index in [-0.39, 0.29) is 15.3 Å². The molecule has 22 heavy (non-hydrogen) atoms. The summed E-state index contributed by atoms with van der Waals surface area (Å²) in [4.78, 5) is 10.3. The highest BCUT2D eigenvalue weighted by Crippen LogP contribution is 2.32. The van der Waals surface area contributed by atoms with E-state index in [0.717, 1.165) is 10.0 Å². The SMILES string of the molecule is O=[N+]([O-])c1ccc(OC[C@@H](Br)[C@@H](Br)c2ccc(Br)cc2)cc1. The Morgan fingerprint density at radius 1 is 1.05 bits per heavy atom. The van der Waals surface area contributed by atoms with Crippen LogP contribution >= 0.6 is 47.8 Å². The van der Waals surface area contributed by atoms with Gasteiger partial charge in [0.05, 0.1) is 14.6 Å². The predicted molar refractivity (Wildman–Crippen MR) is 97.1 cm³/mol. The number of ether oxygens (including phenoxy) is 1. The minimum absolute atomic E-state index is 0.0518. The van der Waals surface area contributed by atoms with E-state index in [1.807, 2.05) is 24.3 Å². The molecule has 0 aliphatic carbocycles. The van der Waals surface area contributed by atoms with Gasteiger partial charge in [-0.2, -0.15) is 0 Å². The molecule has 0 N–H and O–H groups in total. The molecule has 0 spiro atoms. The summed E-state index contributed by atoms with van der Waals surface area (Å²) >= 11 is 10.7. The minimum atomic E-state index is -0.431. The monoisotopic (exact) mass is 491 g/mol. The average molecular weight is 494 g/mol. The van der Waals surface area contributed by atoms with Crippen molar-refractivity contribution >= 4 is 53.5 Å². The van der Waals surface area contributed by atoms with Crippen LogP contribution in [0.25, 0.3) is 0 Å². The molecule has 2 atom stereocenters. The third-order valence-corrected chi connectivity index (χ3v) is 6.16. The second kappa shape index (κ2) is 8.08. The third kappa shape index (κ3) is 4.79. The molecule has 0 unspecified atom stereocenters. The van der Waals surface area contributed by atoms with Gasteiger partial charge in [-0.1, -0.05) is 59.9 Å². The largest absolute Gasteiger partial charge is 0.492 e. The molecule has 2 rings (SSSR count). The zero-order valence-electron chi connectivity index (χ0n) is 11.3. The Morgan fingerprint density at radius 3 is 2.18 bits per heavy atom. The Morgan fingerprint density at radius 2 is 1.64 bits per heavy atom. The van der Waals surface area contributed by atoms with Crippen molar-refractivity contribution in [2.24, 2.45) is 0 Å². The summed E-state index contributed by atoms with van der Waals surface area (Å²) in [6.07, 6.45) is 0. The molecule has 2 aromatic carbocycles. The maximum Gasteiger partial charge on any atom is 0.269 e. The summed E-state index contributed by atoms with van der Waals surface area (Å²) in [6, 6.07) is 14.1. The number of nitrogens with zero attached hydrogens (tertiary/aromatic N) is 1. The van der Waals surface area contributed by atoms with Crippen LogP contribution in [-0.4, -0.2) is 16.4 Å². The van der Waals surface area contributed by atoms with E-state index < -0.39 is 4.92 Å². The van der Waals surface area contributed by atoms with Gasteiger partial charge in [-0.3, -0.25) is 10.1 Å². The zero-order valence-corrected chi connectivity index (χ0v) is 16.0. The molecule has 7 heteroatoms. The van der Waals surface area contributed by atoms with Gasteiger partial charge in [-0.05, 0) is 29.8 Å². The van der Waals surface area contributed by atoms with Crippen LogP contribution in [0.2, 0.25) is 0 Å². The molecule has 116 valence electrons. The smallest absolute Gasteiger partial charge is 0.269 e. The lowest BCUT2D eigenvalue weighted by Crippen LogP contribution is -2.16. The highest BCUT2D eigenvalue weighted by atomic mass is 79.9. The average Bonchev–Trinajstić information content (AvgIpc) is 2.53. The molecule has 0 heterocycles. The maximum absolute atomic E-state index is 10.6. The van der Waals surface area contributed by atoms with Crippen LogP contribution < -0.4 is 4.74 Å². The molecular weight excluding hydrogens is 482 g/mol. The number of hydrogen-bond donors (Lipinski definition) is 0. The normalized spacial score (nSPS) is 13.4. The molecule has 4 nitrogen and oxygen atoms in total. The van der Waals surface area contributed by atoms with Crippen molar-refractivity contribution in [3.05, 3.63) is 68.7 Å². The lowest BCUT2D eigenvalue weighted by molar-refractivity contribution is -0.384. The van der Waals surface area contributed by atoms with Gasteiger partial charge in [-0.15, -0.1) is 0 Å². The summed E-state index contributed by atoms with van der Waals surface area (Å²) < 4.78 is 6.69. The van der Waals surface area contributed by atoms with Gasteiger partial charge in [0, 0.05) is 16.6 Å². The molecule has 0 amide bonds. The molecule has 2 aromatic rings. The Hall–Kier alpha value is -0.920. The van der Waals surface area contributed by atoms with Crippen molar-refractivity contribution in [1.29, 1.82) is 0 Å². The van der Waals surface area contributed by atoms with E-state index in [2.05, 4.69) is 47.8 Å². The Balaban J connectivity index is 1.92. The molecule has 0 aromatic heterocycles. The standard InChI is InChI=1S/C15H12Br3NO3/c16-11-3-1-10(2-4-11)15(18)14(17)9-22-13-7-5-12(6-8-13)19(20)21/h1-8,14-15H,9H2/t14-,15+/m1/s1.